The molecule has 2 unspecified atom stereocenters. The highest BCUT2D eigenvalue weighted by Crippen LogP contribution is 2.27. The minimum Gasteiger partial charge on any atom is -0.375 e. The molecule has 0 amide bonds. The molecule has 2 aromatic carbocycles. The molecule has 0 saturated carbocycles. The summed E-state index contributed by atoms with van der Waals surface area (Å²) >= 11 is 0. The number of ketones is 1. The van der Waals surface area contributed by atoms with Gasteiger partial charge in [-0.25, -0.2) is 0 Å². The van der Waals surface area contributed by atoms with Crippen molar-refractivity contribution < 1.29 is 9.63 Å². The van der Waals surface area contributed by atoms with Gasteiger partial charge in [0.15, 0.2) is 12.0 Å². The molecule has 0 fully saturated rings. The maximum absolute atomic E-state index is 13.0. The minimum atomic E-state index is -0.431. The molecule has 1 aliphatic heterocycles. The number of Topliss-reactive ketones (excluding diaryl/α,β-unsaturated/α-hetero) is 1. The van der Waals surface area contributed by atoms with E-state index in [9.17, 15) is 4.79 Å². The molecule has 0 bridgehead atoms. The fourth-order valence-electron chi connectivity index (χ4n) is 2.63. The number of oxime groups is 1. The SMILES string of the molecule is CN(C)C1ON=C(c2ccccc2)C1C(=O)c1ccccc1. The average molecular weight is 294 g/mol. The second-order valence-corrected chi connectivity index (χ2v) is 5.51. The van der Waals surface area contributed by atoms with Crippen molar-refractivity contribution in [2.45, 2.75) is 6.23 Å². The van der Waals surface area contributed by atoms with Crippen LogP contribution < -0.4 is 0 Å². The van der Waals surface area contributed by atoms with Crippen molar-refractivity contribution in [3.05, 3.63) is 71.8 Å². The first-order valence-corrected chi connectivity index (χ1v) is 7.23. The van der Waals surface area contributed by atoms with E-state index in [1.807, 2.05) is 79.7 Å². The number of benzene rings is 2. The molecule has 0 aromatic heterocycles. The number of hydrogen-bond donors (Lipinski definition) is 0. The van der Waals surface area contributed by atoms with Crippen LogP contribution in [0.4, 0.5) is 0 Å². The van der Waals surface area contributed by atoms with Gasteiger partial charge in [0.2, 0.25) is 0 Å². The van der Waals surface area contributed by atoms with Gasteiger partial charge in [0.05, 0.1) is 0 Å². The van der Waals surface area contributed by atoms with Crippen LogP contribution in [-0.2, 0) is 4.84 Å². The fourth-order valence-corrected chi connectivity index (χ4v) is 2.63. The van der Waals surface area contributed by atoms with Gasteiger partial charge >= 0.3 is 0 Å². The average Bonchev–Trinajstić information content (AvgIpc) is 3.01. The van der Waals surface area contributed by atoms with Crippen LogP contribution in [0.3, 0.4) is 0 Å². The third kappa shape index (κ3) is 2.65. The van der Waals surface area contributed by atoms with E-state index in [4.69, 9.17) is 4.84 Å². The van der Waals surface area contributed by atoms with E-state index in [-0.39, 0.29) is 12.0 Å². The smallest absolute Gasteiger partial charge is 0.196 e. The van der Waals surface area contributed by atoms with Crippen molar-refractivity contribution in [2.24, 2.45) is 11.1 Å². The first-order valence-electron chi connectivity index (χ1n) is 7.23. The van der Waals surface area contributed by atoms with Crippen LogP contribution in [0.5, 0.6) is 0 Å². The van der Waals surface area contributed by atoms with Crippen LogP contribution in [0.15, 0.2) is 65.8 Å². The second-order valence-electron chi connectivity index (χ2n) is 5.51. The van der Waals surface area contributed by atoms with Gasteiger partial charge < -0.3 is 4.84 Å². The Bertz CT molecular complexity index is 681. The summed E-state index contributed by atoms with van der Waals surface area (Å²) in [6, 6.07) is 19.0. The lowest BCUT2D eigenvalue weighted by atomic mass is 9.88. The van der Waals surface area contributed by atoms with E-state index < -0.39 is 5.92 Å². The predicted molar refractivity (Wildman–Crippen MR) is 85.8 cm³/mol. The van der Waals surface area contributed by atoms with Gasteiger partial charge in [-0.3, -0.25) is 9.69 Å². The molecule has 2 aromatic rings. The van der Waals surface area contributed by atoms with Crippen LogP contribution in [0.25, 0.3) is 0 Å². The Kier molecular flexibility index (Phi) is 4.02. The lowest BCUT2D eigenvalue weighted by Crippen LogP contribution is -2.41. The van der Waals surface area contributed by atoms with Crippen LogP contribution >= 0.6 is 0 Å². The summed E-state index contributed by atoms with van der Waals surface area (Å²) in [5, 5.41) is 4.19. The zero-order chi connectivity index (χ0) is 15.5. The highest BCUT2D eigenvalue weighted by Gasteiger charge is 2.41. The summed E-state index contributed by atoms with van der Waals surface area (Å²) in [6.45, 7) is 0. The van der Waals surface area contributed by atoms with Crippen molar-refractivity contribution in [3.63, 3.8) is 0 Å². The van der Waals surface area contributed by atoms with Crippen LogP contribution in [0.1, 0.15) is 15.9 Å². The Labute approximate surface area is 130 Å². The van der Waals surface area contributed by atoms with Gasteiger partial charge in [0.1, 0.15) is 11.6 Å². The number of nitrogens with zero attached hydrogens (tertiary/aromatic N) is 2. The largest absolute Gasteiger partial charge is 0.375 e. The Hall–Kier alpha value is -2.46. The molecule has 1 aliphatic rings. The van der Waals surface area contributed by atoms with Crippen LogP contribution in [0.2, 0.25) is 0 Å². The summed E-state index contributed by atoms with van der Waals surface area (Å²) in [4.78, 5) is 20.4. The van der Waals surface area contributed by atoms with Crippen LogP contribution in [0, 0.1) is 5.92 Å². The quantitative estimate of drug-likeness (QED) is 0.814. The van der Waals surface area contributed by atoms with E-state index in [1.54, 1.807) is 0 Å². The summed E-state index contributed by atoms with van der Waals surface area (Å²) in [6.07, 6.45) is -0.386. The maximum atomic E-state index is 13.0. The topological polar surface area (TPSA) is 41.9 Å². The van der Waals surface area contributed by atoms with Crippen molar-refractivity contribution in [3.8, 4) is 0 Å². The number of carbonyl (C=O) groups excluding carboxylic acids is 1. The molecule has 4 nitrogen and oxygen atoms in total. The van der Waals surface area contributed by atoms with Gasteiger partial charge in [0.25, 0.3) is 0 Å². The Balaban J connectivity index is 1.99. The summed E-state index contributed by atoms with van der Waals surface area (Å²) in [7, 11) is 3.78. The van der Waals surface area contributed by atoms with Crippen LogP contribution in [-0.4, -0.2) is 36.7 Å². The first kappa shape index (κ1) is 14.5. The molecule has 0 saturated heterocycles. The zero-order valence-electron chi connectivity index (χ0n) is 12.6. The predicted octanol–water partition coefficient (Wildman–Crippen LogP) is 2.81. The molecule has 0 spiro atoms. The molecule has 4 heteroatoms. The molecular formula is C18H18N2O2. The first-order chi connectivity index (χ1) is 10.7. The Morgan fingerprint density at radius 1 is 1.00 bits per heavy atom. The third-order valence-electron chi connectivity index (χ3n) is 3.76. The second kappa shape index (κ2) is 6.12. The number of hydrogen-bond acceptors (Lipinski definition) is 4. The van der Waals surface area contributed by atoms with E-state index in [0.717, 1.165) is 5.56 Å². The lowest BCUT2D eigenvalue weighted by molar-refractivity contribution is -0.0288. The standard InChI is InChI=1S/C18H18N2O2/c1-20(2)18-15(17(21)14-11-7-4-8-12-14)16(19-22-18)13-9-5-3-6-10-13/h3-12,15,18H,1-2H3. The fraction of sp³-hybridized carbons (Fsp3) is 0.222. The molecule has 112 valence electrons. The number of carbonyl (C=O) groups is 1. The van der Waals surface area contributed by atoms with E-state index in [1.165, 1.54) is 0 Å². The van der Waals surface area contributed by atoms with Crippen molar-refractivity contribution >= 4 is 11.5 Å². The van der Waals surface area contributed by atoms with E-state index in [0.29, 0.717) is 11.3 Å². The molecule has 2 atom stereocenters. The molecule has 0 radical (unpaired) electrons. The highest BCUT2D eigenvalue weighted by molar-refractivity contribution is 6.19. The van der Waals surface area contributed by atoms with E-state index >= 15 is 0 Å². The Morgan fingerprint density at radius 3 is 2.18 bits per heavy atom. The van der Waals surface area contributed by atoms with Gasteiger partial charge in [-0.05, 0) is 14.1 Å². The summed E-state index contributed by atoms with van der Waals surface area (Å²) in [5.74, 6) is -0.404. The van der Waals surface area contributed by atoms with Crippen molar-refractivity contribution in [1.29, 1.82) is 0 Å². The normalized spacial score (nSPS) is 20.6. The van der Waals surface area contributed by atoms with Crippen molar-refractivity contribution in [2.75, 3.05) is 14.1 Å². The number of rotatable bonds is 4. The van der Waals surface area contributed by atoms with E-state index in [2.05, 4.69) is 5.16 Å². The zero-order valence-corrected chi connectivity index (χ0v) is 12.6. The summed E-state index contributed by atoms with van der Waals surface area (Å²) < 4.78 is 0. The monoisotopic (exact) mass is 294 g/mol. The molecule has 1 heterocycles. The van der Waals surface area contributed by atoms with Gasteiger partial charge in [-0.1, -0.05) is 65.8 Å². The third-order valence-corrected chi connectivity index (χ3v) is 3.76. The maximum Gasteiger partial charge on any atom is 0.196 e. The highest BCUT2D eigenvalue weighted by atomic mass is 16.7. The molecule has 22 heavy (non-hydrogen) atoms. The van der Waals surface area contributed by atoms with Crippen molar-refractivity contribution in [1.82, 2.24) is 4.90 Å². The molecule has 0 N–H and O–H groups in total. The lowest BCUT2D eigenvalue weighted by Gasteiger charge is -2.23. The van der Waals surface area contributed by atoms with Gasteiger partial charge in [-0.15, -0.1) is 0 Å². The van der Waals surface area contributed by atoms with Gasteiger partial charge in [-0.2, -0.15) is 0 Å². The summed E-state index contributed by atoms with van der Waals surface area (Å²) in [5.41, 5.74) is 2.28. The molecular weight excluding hydrogens is 276 g/mol. The molecule has 3 rings (SSSR count). The Morgan fingerprint density at radius 2 is 1.59 bits per heavy atom. The van der Waals surface area contributed by atoms with Gasteiger partial charge in [0, 0.05) is 11.1 Å². The minimum absolute atomic E-state index is 0.0272. The molecule has 0 aliphatic carbocycles.